The van der Waals surface area contributed by atoms with Gasteiger partial charge in [-0.25, -0.2) is 4.98 Å². The monoisotopic (exact) mass is 348 g/mol. The van der Waals surface area contributed by atoms with Crippen molar-refractivity contribution in [3.8, 4) is 5.69 Å². The molecule has 4 rings (SSSR count). The van der Waals surface area contributed by atoms with Gasteiger partial charge in [-0.15, -0.1) is 0 Å². The van der Waals surface area contributed by atoms with E-state index >= 15 is 0 Å². The van der Waals surface area contributed by atoms with Crippen LogP contribution < -0.4 is 0 Å². The van der Waals surface area contributed by atoms with Crippen molar-refractivity contribution in [1.82, 2.24) is 14.5 Å². The maximum absolute atomic E-state index is 10.8. The van der Waals surface area contributed by atoms with Crippen molar-refractivity contribution < 1.29 is 4.92 Å². The van der Waals surface area contributed by atoms with Crippen molar-refractivity contribution in [2.45, 2.75) is 25.9 Å². The number of benzene rings is 2. The molecule has 6 nitrogen and oxygen atoms in total. The second-order valence-electron chi connectivity index (χ2n) is 6.67. The van der Waals surface area contributed by atoms with Crippen LogP contribution in [0.1, 0.15) is 29.7 Å². The van der Waals surface area contributed by atoms with Crippen molar-refractivity contribution in [2.75, 3.05) is 6.54 Å². The molecule has 1 aromatic heterocycles. The van der Waals surface area contributed by atoms with Gasteiger partial charge in [-0.1, -0.05) is 18.2 Å². The lowest BCUT2D eigenvalue weighted by atomic mass is 9.96. The predicted octanol–water partition coefficient (Wildman–Crippen LogP) is 3.90. The van der Waals surface area contributed by atoms with Crippen LogP contribution in [-0.2, 0) is 13.0 Å². The smallest absolute Gasteiger partial charge is 0.269 e. The number of fused-ring (bicyclic) bond motifs is 1. The summed E-state index contributed by atoms with van der Waals surface area (Å²) in [5, 5.41) is 10.8. The minimum absolute atomic E-state index is 0.134. The van der Waals surface area contributed by atoms with E-state index in [9.17, 15) is 10.1 Å². The summed E-state index contributed by atoms with van der Waals surface area (Å²) in [4.78, 5) is 17.0. The molecule has 0 radical (unpaired) electrons. The fourth-order valence-corrected chi connectivity index (χ4v) is 3.55. The average Bonchev–Trinajstić information content (AvgIpc) is 3.21. The highest BCUT2D eigenvalue weighted by Gasteiger charge is 2.22. The van der Waals surface area contributed by atoms with Gasteiger partial charge in [0.15, 0.2) is 0 Å². The van der Waals surface area contributed by atoms with Gasteiger partial charge < -0.3 is 4.57 Å². The van der Waals surface area contributed by atoms with Gasteiger partial charge in [0.25, 0.3) is 5.69 Å². The summed E-state index contributed by atoms with van der Waals surface area (Å²) < 4.78 is 2.01. The number of nitro groups is 1. The Kier molecular flexibility index (Phi) is 4.26. The molecular formula is C20H20N4O2. The third-order valence-corrected chi connectivity index (χ3v) is 5.17. The van der Waals surface area contributed by atoms with Crippen LogP contribution in [0.3, 0.4) is 0 Å². The van der Waals surface area contributed by atoms with Crippen LogP contribution >= 0.6 is 0 Å². The Balaban J connectivity index is 1.55. The number of rotatable bonds is 4. The second-order valence-corrected chi connectivity index (χ2v) is 6.67. The van der Waals surface area contributed by atoms with Gasteiger partial charge in [0.2, 0.25) is 0 Å². The molecule has 3 aromatic rings. The number of aromatic nitrogens is 2. The Morgan fingerprint density at radius 1 is 1.15 bits per heavy atom. The molecule has 132 valence electrons. The largest absolute Gasteiger partial charge is 0.306 e. The summed E-state index contributed by atoms with van der Waals surface area (Å²) in [5.74, 6) is 0. The van der Waals surface area contributed by atoms with Crippen molar-refractivity contribution in [1.29, 1.82) is 0 Å². The molecule has 0 saturated carbocycles. The van der Waals surface area contributed by atoms with Crippen molar-refractivity contribution in [3.05, 3.63) is 88.0 Å². The fourth-order valence-electron chi connectivity index (χ4n) is 3.55. The quantitative estimate of drug-likeness (QED) is 0.530. The van der Waals surface area contributed by atoms with E-state index in [1.54, 1.807) is 18.3 Å². The van der Waals surface area contributed by atoms with Crippen molar-refractivity contribution in [3.63, 3.8) is 0 Å². The molecule has 0 aliphatic carbocycles. The first-order valence-electron chi connectivity index (χ1n) is 8.70. The zero-order valence-electron chi connectivity index (χ0n) is 14.6. The van der Waals surface area contributed by atoms with Crippen LogP contribution in [0.15, 0.2) is 61.2 Å². The van der Waals surface area contributed by atoms with Gasteiger partial charge in [0, 0.05) is 49.3 Å². The number of nitrogens with zero attached hydrogens (tertiary/aromatic N) is 4. The minimum atomic E-state index is -0.358. The molecule has 1 aliphatic heterocycles. The summed E-state index contributed by atoms with van der Waals surface area (Å²) >= 11 is 0. The molecule has 0 spiro atoms. The van der Waals surface area contributed by atoms with Gasteiger partial charge >= 0.3 is 0 Å². The summed E-state index contributed by atoms with van der Waals surface area (Å²) in [6.45, 7) is 4.01. The van der Waals surface area contributed by atoms with Crippen LogP contribution in [-0.4, -0.2) is 25.9 Å². The SMILES string of the molecule is CC(c1ccc([N+](=O)[O-])cc1)N1CCc2ccc(-n3ccnc3)cc2C1. The Morgan fingerprint density at radius 2 is 1.96 bits per heavy atom. The van der Waals surface area contributed by atoms with E-state index in [0.717, 1.165) is 30.8 Å². The molecule has 2 heterocycles. The molecular weight excluding hydrogens is 328 g/mol. The maximum Gasteiger partial charge on any atom is 0.269 e. The molecule has 0 saturated heterocycles. The first-order chi connectivity index (χ1) is 12.6. The van der Waals surface area contributed by atoms with Crippen LogP contribution in [0.25, 0.3) is 5.69 Å². The lowest BCUT2D eigenvalue weighted by Crippen LogP contribution is -2.33. The Morgan fingerprint density at radius 3 is 2.65 bits per heavy atom. The van der Waals surface area contributed by atoms with E-state index < -0.39 is 0 Å². The summed E-state index contributed by atoms with van der Waals surface area (Å²) in [5.41, 5.74) is 5.07. The van der Waals surface area contributed by atoms with Crippen LogP contribution in [0.2, 0.25) is 0 Å². The Bertz CT molecular complexity index is 919. The lowest BCUT2D eigenvalue weighted by Gasteiger charge is -2.34. The molecule has 1 unspecified atom stereocenters. The summed E-state index contributed by atoms with van der Waals surface area (Å²) in [6.07, 6.45) is 6.54. The predicted molar refractivity (Wildman–Crippen MR) is 99.2 cm³/mol. The molecule has 6 heteroatoms. The first-order valence-corrected chi connectivity index (χ1v) is 8.70. The third kappa shape index (κ3) is 3.11. The van der Waals surface area contributed by atoms with Crippen LogP contribution in [0.4, 0.5) is 5.69 Å². The van der Waals surface area contributed by atoms with Gasteiger partial charge in [-0.05, 0) is 42.2 Å². The van der Waals surface area contributed by atoms with Gasteiger partial charge in [-0.2, -0.15) is 0 Å². The maximum atomic E-state index is 10.8. The Labute approximate surface area is 151 Å². The van der Waals surface area contributed by atoms with Gasteiger partial charge in [0.1, 0.15) is 0 Å². The number of hydrogen-bond donors (Lipinski definition) is 0. The van der Waals surface area contributed by atoms with E-state index in [2.05, 4.69) is 35.0 Å². The lowest BCUT2D eigenvalue weighted by molar-refractivity contribution is -0.384. The molecule has 0 N–H and O–H groups in total. The van der Waals surface area contributed by atoms with E-state index in [-0.39, 0.29) is 16.7 Å². The zero-order chi connectivity index (χ0) is 18.1. The average molecular weight is 348 g/mol. The van der Waals surface area contributed by atoms with Gasteiger partial charge in [-0.3, -0.25) is 15.0 Å². The topological polar surface area (TPSA) is 64.2 Å². The molecule has 26 heavy (non-hydrogen) atoms. The van der Waals surface area contributed by atoms with Crippen LogP contribution in [0.5, 0.6) is 0 Å². The normalized spacial score (nSPS) is 15.4. The fraction of sp³-hybridized carbons (Fsp3) is 0.250. The second kappa shape index (κ2) is 6.72. The number of non-ortho nitro benzene ring substituents is 1. The number of nitro benzene ring substituents is 1. The minimum Gasteiger partial charge on any atom is -0.306 e. The summed E-state index contributed by atoms with van der Waals surface area (Å²) in [6, 6.07) is 13.7. The zero-order valence-corrected chi connectivity index (χ0v) is 14.6. The van der Waals surface area contributed by atoms with Crippen LogP contribution in [0, 0.1) is 10.1 Å². The first kappa shape index (κ1) is 16.5. The molecule has 0 amide bonds. The highest BCUT2D eigenvalue weighted by molar-refractivity contribution is 5.42. The van der Waals surface area contributed by atoms with Crippen molar-refractivity contribution >= 4 is 5.69 Å². The molecule has 1 atom stereocenters. The molecule has 2 aromatic carbocycles. The highest BCUT2D eigenvalue weighted by atomic mass is 16.6. The van der Waals surface area contributed by atoms with E-state index in [1.165, 1.54) is 11.1 Å². The third-order valence-electron chi connectivity index (χ3n) is 5.17. The van der Waals surface area contributed by atoms with E-state index in [0.29, 0.717) is 0 Å². The highest BCUT2D eigenvalue weighted by Crippen LogP contribution is 2.29. The van der Waals surface area contributed by atoms with Gasteiger partial charge in [0.05, 0.1) is 11.3 Å². The van der Waals surface area contributed by atoms with Crippen molar-refractivity contribution in [2.24, 2.45) is 0 Å². The summed E-state index contributed by atoms with van der Waals surface area (Å²) in [7, 11) is 0. The molecule has 0 bridgehead atoms. The van der Waals surface area contributed by atoms with E-state index in [1.807, 2.05) is 29.2 Å². The number of imidazole rings is 1. The molecule has 0 fully saturated rings. The number of hydrogen-bond acceptors (Lipinski definition) is 4. The molecule has 1 aliphatic rings. The standard InChI is InChI=1S/C20H20N4O2/c1-15(16-2-5-19(6-3-16)24(25)26)22-10-8-17-4-7-20(12-18(17)13-22)23-11-9-21-14-23/h2-7,9,11-12,14-15H,8,10,13H2,1H3. The van der Waals surface area contributed by atoms with E-state index in [4.69, 9.17) is 0 Å². The Hall–Kier alpha value is -2.99.